The number of aromatic nitrogens is 1. The quantitative estimate of drug-likeness (QED) is 0.755. The first-order valence-electron chi connectivity index (χ1n) is 8.41. The minimum absolute atomic E-state index is 0.0912. The van der Waals surface area contributed by atoms with Crippen LogP contribution in [0, 0.1) is 6.92 Å². The fourth-order valence-corrected chi connectivity index (χ4v) is 3.90. The number of methoxy groups -OCH3 is 1. The number of hydrogen-bond acceptors (Lipinski definition) is 3. The van der Waals surface area contributed by atoms with Gasteiger partial charge in [-0.3, -0.25) is 4.79 Å². The van der Waals surface area contributed by atoms with E-state index in [9.17, 15) is 18.0 Å². The fourth-order valence-electron chi connectivity index (χ4n) is 2.69. The molecule has 1 amide bonds. The number of ether oxygens (including phenoxy) is 1. The Hall–Kier alpha value is -1.93. The SMILES string of the molecule is COCCn1c(C)c(C(C)(C)C)s/c1=N\C(=O)c1cccc(C(F)(F)F)c1. The molecule has 8 heteroatoms. The van der Waals surface area contributed by atoms with Crippen LogP contribution in [0.4, 0.5) is 13.2 Å². The number of hydrogen-bond donors (Lipinski definition) is 0. The van der Waals surface area contributed by atoms with Gasteiger partial charge in [-0.2, -0.15) is 18.2 Å². The minimum atomic E-state index is -4.51. The maximum atomic E-state index is 12.9. The topological polar surface area (TPSA) is 43.6 Å². The van der Waals surface area contributed by atoms with E-state index in [4.69, 9.17) is 4.74 Å². The Kier molecular flexibility index (Phi) is 6.32. The number of halogens is 3. The van der Waals surface area contributed by atoms with Gasteiger partial charge in [0.1, 0.15) is 0 Å². The fraction of sp³-hybridized carbons (Fsp3) is 0.474. The highest BCUT2D eigenvalue weighted by Crippen LogP contribution is 2.30. The summed E-state index contributed by atoms with van der Waals surface area (Å²) in [5.41, 5.74) is -0.128. The molecule has 1 aromatic heterocycles. The lowest BCUT2D eigenvalue weighted by atomic mass is 9.93. The number of thiazole rings is 1. The molecule has 27 heavy (non-hydrogen) atoms. The number of benzene rings is 1. The van der Waals surface area contributed by atoms with E-state index in [2.05, 4.69) is 25.8 Å². The molecule has 0 aliphatic heterocycles. The maximum absolute atomic E-state index is 12.9. The lowest BCUT2D eigenvalue weighted by Crippen LogP contribution is -2.21. The summed E-state index contributed by atoms with van der Waals surface area (Å²) < 4.78 is 45.7. The number of carbonyl (C=O) groups excluding carboxylic acids is 1. The zero-order valence-electron chi connectivity index (χ0n) is 16.0. The van der Waals surface area contributed by atoms with Crippen molar-refractivity contribution in [2.75, 3.05) is 13.7 Å². The Balaban J connectivity index is 2.53. The van der Waals surface area contributed by atoms with Crippen LogP contribution in [0.5, 0.6) is 0 Å². The van der Waals surface area contributed by atoms with E-state index in [1.165, 1.54) is 23.5 Å². The summed E-state index contributed by atoms with van der Waals surface area (Å²) in [7, 11) is 1.58. The highest BCUT2D eigenvalue weighted by Gasteiger charge is 2.31. The average Bonchev–Trinajstić information content (AvgIpc) is 2.88. The molecular weight excluding hydrogens is 377 g/mol. The molecule has 0 fully saturated rings. The molecule has 2 rings (SSSR count). The summed E-state index contributed by atoms with van der Waals surface area (Å²) in [5, 5.41) is 0. The van der Waals surface area contributed by atoms with Crippen molar-refractivity contribution >= 4 is 17.2 Å². The number of nitrogens with zero attached hydrogens (tertiary/aromatic N) is 2. The van der Waals surface area contributed by atoms with E-state index in [1.54, 1.807) is 7.11 Å². The van der Waals surface area contributed by atoms with Crippen molar-refractivity contribution < 1.29 is 22.7 Å². The van der Waals surface area contributed by atoms with Crippen LogP contribution in [0.15, 0.2) is 29.3 Å². The lowest BCUT2D eigenvalue weighted by molar-refractivity contribution is -0.137. The van der Waals surface area contributed by atoms with Gasteiger partial charge in [-0.25, -0.2) is 0 Å². The summed E-state index contributed by atoms with van der Waals surface area (Å²) in [6.45, 7) is 9.07. The number of amides is 1. The molecule has 0 saturated heterocycles. The second-order valence-electron chi connectivity index (χ2n) is 7.19. The molecule has 0 unspecified atom stereocenters. The van der Waals surface area contributed by atoms with Gasteiger partial charge >= 0.3 is 6.18 Å². The molecule has 0 aliphatic rings. The molecule has 0 bridgehead atoms. The van der Waals surface area contributed by atoms with Gasteiger partial charge in [-0.1, -0.05) is 26.8 Å². The summed E-state index contributed by atoms with van der Waals surface area (Å²) in [6, 6.07) is 4.31. The van der Waals surface area contributed by atoms with Crippen LogP contribution in [0.3, 0.4) is 0 Å². The monoisotopic (exact) mass is 400 g/mol. The van der Waals surface area contributed by atoms with E-state index in [1.807, 2.05) is 11.5 Å². The smallest absolute Gasteiger partial charge is 0.383 e. The number of carbonyl (C=O) groups is 1. The molecule has 1 heterocycles. The molecule has 2 aromatic rings. The molecule has 4 nitrogen and oxygen atoms in total. The van der Waals surface area contributed by atoms with Crippen LogP contribution >= 0.6 is 11.3 Å². The van der Waals surface area contributed by atoms with Crippen molar-refractivity contribution in [3.8, 4) is 0 Å². The van der Waals surface area contributed by atoms with Gasteiger partial charge in [-0.15, -0.1) is 11.3 Å². The van der Waals surface area contributed by atoms with Gasteiger partial charge in [0, 0.05) is 29.8 Å². The lowest BCUT2D eigenvalue weighted by Gasteiger charge is -2.17. The van der Waals surface area contributed by atoms with Gasteiger partial charge in [0.05, 0.1) is 12.2 Å². The van der Waals surface area contributed by atoms with Crippen molar-refractivity contribution in [2.45, 2.75) is 45.8 Å². The Morgan fingerprint density at radius 3 is 2.48 bits per heavy atom. The number of alkyl halides is 3. The first kappa shape index (κ1) is 21.4. The van der Waals surface area contributed by atoms with Gasteiger partial charge in [0.15, 0.2) is 4.80 Å². The number of rotatable bonds is 4. The Morgan fingerprint density at radius 2 is 1.93 bits per heavy atom. The molecular formula is C19H23F3N2O2S. The van der Waals surface area contributed by atoms with Crippen molar-refractivity contribution in [1.29, 1.82) is 0 Å². The van der Waals surface area contributed by atoms with Gasteiger partial charge in [0.25, 0.3) is 5.91 Å². The van der Waals surface area contributed by atoms with Gasteiger partial charge < -0.3 is 9.30 Å². The van der Waals surface area contributed by atoms with Crippen LogP contribution < -0.4 is 4.80 Å². The zero-order chi connectivity index (χ0) is 20.4. The van der Waals surface area contributed by atoms with E-state index in [0.717, 1.165) is 22.7 Å². The first-order valence-corrected chi connectivity index (χ1v) is 9.22. The Labute approximate surface area is 160 Å². The largest absolute Gasteiger partial charge is 0.416 e. The highest BCUT2D eigenvalue weighted by molar-refractivity contribution is 7.09. The second-order valence-corrected chi connectivity index (χ2v) is 8.17. The molecule has 0 radical (unpaired) electrons. The standard InChI is InChI=1S/C19H23F3N2O2S/c1-12-15(18(2,3)4)27-17(24(12)9-10-26-5)23-16(25)13-7-6-8-14(11-13)19(20,21)22/h6-8,11H,9-10H2,1-5H3/b23-17-. The zero-order valence-corrected chi connectivity index (χ0v) is 16.8. The highest BCUT2D eigenvalue weighted by atomic mass is 32.1. The predicted octanol–water partition coefficient (Wildman–Crippen LogP) is 4.56. The third-order valence-corrected chi connectivity index (χ3v) is 5.60. The van der Waals surface area contributed by atoms with E-state index in [0.29, 0.717) is 18.0 Å². The molecule has 148 valence electrons. The molecule has 0 atom stereocenters. The summed E-state index contributed by atoms with van der Waals surface area (Å²) in [6.07, 6.45) is -4.51. The average molecular weight is 400 g/mol. The van der Waals surface area contributed by atoms with Crippen LogP contribution in [-0.2, 0) is 22.9 Å². The summed E-state index contributed by atoms with van der Waals surface area (Å²) >= 11 is 1.37. The van der Waals surface area contributed by atoms with Crippen molar-refractivity contribution in [2.24, 2.45) is 4.99 Å². The molecule has 0 spiro atoms. The minimum Gasteiger partial charge on any atom is -0.383 e. The van der Waals surface area contributed by atoms with Crippen molar-refractivity contribution in [3.63, 3.8) is 0 Å². The second kappa shape index (κ2) is 7.98. The normalized spacial score (nSPS) is 13.3. The molecule has 1 aromatic carbocycles. The van der Waals surface area contributed by atoms with Gasteiger partial charge in [-0.05, 0) is 30.5 Å². The van der Waals surface area contributed by atoms with Crippen molar-refractivity contribution in [3.05, 3.63) is 50.8 Å². The van der Waals surface area contributed by atoms with Crippen LogP contribution in [-0.4, -0.2) is 24.2 Å². The van der Waals surface area contributed by atoms with Crippen molar-refractivity contribution in [1.82, 2.24) is 4.57 Å². The first-order chi connectivity index (χ1) is 12.4. The van der Waals surface area contributed by atoms with Gasteiger partial charge in [0.2, 0.25) is 0 Å². The third kappa shape index (κ3) is 5.07. The maximum Gasteiger partial charge on any atom is 0.416 e. The summed E-state index contributed by atoms with van der Waals surface area (Å²) in [5.74, 6) is -0.700. The van der Waals surface area contributed by atoms with E-state index < -0.39 is 17.6 Å². The summed E-state index contributed by atoms with van der Waals surface area (Å²) in [4.78, 5) is 18.2. The third-order valence-electron chi connectivity index (χ3n) is 3.99. The van der Waals surface area contributed by atoms with Crippen LogP contribution in [0.2, 0.25) is 0 Å². The van der Waals surface area contributed by atoms with E-state index in [-0.39, 0.29) is 11.0 Å². The Bertz CT molecular complexity index is 890. The van der Waals surface area contributed by atoms with Crippen LogP contribution in [0.1, 0.15) is 47.3 Å². The molecule has 0 N–H and O–H groups in total. The van der Waals surface area contributed by atoms with Crippen LogP contribution in [0.25, 0.3) is 0 Å². The van der Waals surface area contributed by atoms with E-state index >= 15 is 0 Å². The Morgan fingerprint density at radius 1 is 1.26 bits per heavy atom. The predicted molar refractivity (Wildman–Crippen MR) is 99.0 cm³/mol. The molecule has 0 aliphatic carbocycles. The molecule has 0 saturated carbocycles.